The van der Waals surface area contributed by atoms with Crippen LogP contribution in [0, 0.1) is 0 Å². The van der Waals surface area contributed by atoms with Crippen LogP contribution in [0.5, 0.6) is 0 Å². The molecular formula is C14H16N4O2S. The zero-order valence-corrected chi connectivity index (χ0v) is 12.3. The molecule has 2 aromatic heterocycles. The molecule has 3 rings (SSSR count). The number of carbonyl (C=O) groups is 1. The largest absolute Gasteiger partial charge is 0.328 e. The number of nitrogens with zero attached hydrogens (tertiary/aromatic N) is 2. The first-order chi connectivity index (χ1) is 10.2. The van der Waals surface area contributed by atoms with Crippen molar-refractivity contribution in [2.24, 2.45) is 0 Å². The molecule has 1 fully saturated rings. The van der Waals surface area contributed by atoms with Gasteiger partial charge in [0.15, 0.2) is 5.13 Å². The van der Waals surface area contributed by atoms with Gasteiger partial charge in [-0.2, -0.15) is 0 Å². The molecule has 1 aliphatic rings. The van der Waals surface area contributed by atoms with E-state index in [1.54, 1.807) is 6.07 Å². The molecule has 0 aliphatic carbocycles. The predicted octanol–water partition coefficient (Wildman–Crippen LogP) is 1.68. The number of hydrogen-bond donors (Lipinski definition) is 2. The van der Waals surface area contributed by atoms with Crippen LogP contribution in [-0.2, 0) is 6.54 Å². The molecule has 0 saturated carbocycles. The van der Waals surface area contributed by atoms with Gasteiger partial charge in [-0.15, -0.1) is 11.3 Å². The smallest absolute Gasteiger partial charge is 0.263 e. The molecule has 2 N–H and O–H groups in total. The molecule has 1 amide bonds. The summed E-state index contributed by atoms with van der Waals surface area (Å²) in [5, 5.41) is 5.15. The summed E-state index contributed by atoms with van der Waals surface area (Å²) in [6.07, 6.45) is 3.98. The highest BCUT2D eigenvalue weighted by molar-refractivity contribution is 7.13. The normalized spacial score (nSPS) is 15.2. The lowest BCUT2D eigenvalue weighted by Gasteiger charge is -2.11. The Hall–Kier alpha value is -1.99. The van der Waals surface area contributed by atoms with E-state index in [9.17, 15) is 9.59 Å². The second kappa shape index (κ2) is 6.19. The van der Waals surface area contributed by atoms with Crippen LogP contribution in [0.4, 0.5) is 5.13 Å². The molecule has 3 heterocycles. The minimum absolute atomic E-state index is 0.0915. The van der Waals surface area contributed by atoms with E-state index in [0.717, 1.165) is 25.3 Å². The van der Waals surface area contributed by atoms with Gasteiger partial charge in [0.05, 0.1) is 5.69 Å². The van der Waals surface area contributed by atoms with Gasteiger partial charge in [-0.1, -0.05) is 0 Å². The van der Waals surface area contributed by atoms with Gasteiger partial charge in [0, 0.05) is 18.1 Å². The van der Waals surface area contributed by atoms with Gasteiger partial charge in [-0.3, -0.25) is 19.8 Å². The molecular weight excluding hydrogens is 288 g/mol. The Morgan fingerprint density at radius 1 is 1.43 bits per heavy atom. The fraction of sp³-hybridized carbons (Fsp3) is 0.357. The number of pyridine rings is 1. The highest BCUT2D eigenvalue weighted by atomic mass is 32.1. The SMILES string of the molecule is O=C(Nc1nc(CN2CCCC2)cs1)c1ccc[nH]c1=O. The predicted molar refractivity (Wildman–Crippen MR) is 81.6 cm³/mol. The molecule has 110 valence electrons. The summed E-state index contributed by atoms with van der Waals surface area (Å²) in [6, 6.07) is 3.11. The van der Waals surface area contributed by atoms with Crippen molar-refractivity contribution in [3.05, 3.63) is 45.3 Å². The molecule has 0 aromatic carbocycles. The molecule has 1 saturated heterocycles. The monoisotopic (exact) mass is 304 g/mol. The number of carbonyl (C=O) groups excluding carboxylic acids is 1. The number of hydrogen-bond acceptors (Lipinski definition) is 5. The van der Waals surface area contributed by atoms with Crippen molar-refractivity contribution < 1.29 is 4.79 Å². The van der Waals surface area contributed by atoms with Gasteiger partial charge in [0.2, 0.25) is 0 Å². The maximum absolute atomic E-state index is 12.0. The number of rotatable bonds is 4. The zero-order chi connectivity index (χ0) is 14.7. The van der Waals surface area contributed by atoms with Crippen molar-refractivity contribution in [2.75, 3.05) is 18.4 Å². The number of aromatic nitrogens is 2. The lowest BCUT2D eigenvalue weighted by Crippen LogP contribution is -2.22. The van der Waals surface area contributed by atoms with Gasteiger partial charge in [-0.25, -0.2) is 4.98 Å². The quantitative estimate of drug-likeness (QED) is 0.901. The molecule has 0 spiro atoms. The first-order valence-electron chi connectivity index (χ1n) is 6.88. The summed E-state index contributed by atoms with van der Waals surface area (Å²) in [5.74, 6) is -0.432. The van der Waals surface area contributed by atoms with E-state index in [0.29, 0.717) is 5.13 Å². The van der Waals surface area contributed by atoms with Crippen molar-refractivity contribution in [2.45, 2.75) is 19.4 Å². The van der Waals surface area contributed by atoms with E-state index in [-0.39, 0.29) is 5.56 Å². The Kier molecular flexibility index (Phi) is 4.12. The first kappa shape index (κ1) is 14.0. The molecule has 21 heavy (non-hydrogen) atoms. The van der Waals surface area contributed by atoms with E-state index >= 15 is 0 Å². The molecule has 1 aliphatic heterocycles. The van der Waals surface area contributed by atoms with Crippen LogP contribution in [0.1, 0.15) is 28.9 Å². The molecule has 0 radical (unpaired) electrons. The van der Waals surface area contributed by atoms with Gasteiger partial charge in [0.1, 0.15) is 5.56 Å². The van der Waals surface area contributed by atoms with Crippen molar-refractivity contribution >= 4 is 22.4 Å². The third-order valence-corrected chi connectivity index (χ3v) is 4.23. The zero-order valence-electron chi connectivity index (χ0n) is 11.5. The molecule has 7 heteroatoms. The Morgan fingerprint density at radius 3 is 3.00 bits per heavy atom. The van der Waals surface area contributed by atoms with Gasteiger partial charge >= 0.3 is 0 Å². The highest BCUT2D eigenvalue weighted by Crippen LogP contribution is 2.19. The topological polar surface area (TPSA) is 78.1 Å². The van der Waals surface area contributed by atoms with Crippen LogP contribution in [-0.4, -0.2) is 33.9 Å². The average molecular weight is 304 g/mol. The average Bonchev–Trinajstić information content (AvgIpc) is 3.12. The summed E-state index contributed by atoms with van der Waals surface area (Å²) in [6.45, 7) is 3.04. The standard InChI is InChI=1S/C14H16N4O2S/c19-12-11(4-3-5-15-12)13(20)17-14-16-10(9-21-14)8-18-6-1-2-7-18/h3-5,9H,1-2,6-8H2,(H,15,19)(H,16,17,20). The van der Waals surface area contributed by atoms with Gasteiger partial charge in [-0.05, 0) is 38.1 Å². The number of thiazole rings is 1. The van der Waals surface area contributed by atoms with Crippen LogP contribution < -0.4 is 10.9 Å². The highest BCUT2D eigenvalue weighted by Gasteiger charge is 2.15. The fourth-order valence-corrected chi connectivity index (χ4v) is 3.07. The summed E-state index contributed by atoms with van der Waals surface area (Å²) < 4.78 is 0. The van der Waals surface area contributed by atoms with Crippen molar-refractivity contribution in [1.82, 2.24) is 14.9 Å². The van der Waals surface area contributed by atoms with Crippen LogP contribution in [0.15, 0.2) is 28.5 Å². The second-order valence-electron chi connectivity index (χ2n) is 4.99. The first-order valence-corrected chi connectivity index (χ1v) is 7.76. The minimum Gasteiger partial charge on any atom is -0.328 e. The van der Waals surface area contributed by atoms with E-state index in [4.69, 9.17) is 0 Å². The van der Waals surface area contributed by atoms with E-state index in [1.165, 1.54) is 36.4 Å². The number of amides is 1. The molecule has 2 aromatic rings. The summed E-state index contributed by atoms with van der Waals surface area (Å²) in [4.78, 5) is 32.8. The number of H-pyrrole nitrogens is 1. The third-order valence-electron chi connectivity index (χ3n) is 3.42. The van der Waals surface area contributed by atoms with Crippen molar-refractivity contribution in [3.63, 3.8) is 0 Å². The maximum Gasteiger partial charge on any atom is 0.263 e. The Morgan fingerprint density at radius 2 is 2.24 bits per heavy atom. The fourth-order valence-electron chi connectivity index (χ4n) is 2.37. The van der Waals surface area contributed by atoms with Crippen LogP contribution in [0.2, 0.25) is 0 Å². The third kappa shape index (κ3) is 3.37. The van der Waals surface area contributed by atoms with Crippen molar-refractivity contribution in [3.8, 4) is 0 Å². The molecule has 6 nitrogen and oxygen atoms in total. The summed E-state index contributed by atoms with van der Waals surface area (Å²) >= 11 is 1.38. The lowest BCUT2D eigenvalue weighted by molar-refractivity contribution is 0.102. The van der Waals surface area contributed by atoms with E-state index < -0.39 is 11.5 Å². The van der Waals surface area contributed by atoms with Gasteiger partial charge in [0.25, 0.3) is 11.5 Å². The Bertz CT molecular complexity index is 688. The van der Waals surface area contributed by atoms with Crippen LogP contribution in [0.25, 0.3) is 0 Å². The van der Waals surface area contributed by atoms with E-state index in [1.807, 2.05) is 5.38 Å². The number of aromatic amines is 1. The summed E-state index contributed by atoms with van der Waals surface area (Å²) in [5.41, 5.74) is 0.650. The number of likely N-dealkylation sites (tertiary alicyclic amines) is 1. The van der Waals surface area contributed by atoms with Crippen LogP contribution >= 0.6 is 11.3 Å². The minimum atomic E-state index is -0.432. The van der Waals surface area contributed by atoms with E-state index in [2.05, 4.69) is 20.2 Å². The number of anilines is 1. The Balaban J connectivity index is 1.65. The molecule has 0 atom stereocenters. The van der Waals surface area contributed by atoms with Crippen molar-refractivity contribution in [1.29, 1.82) is 0 Å². The lowest BCUT2D eigenvalue weighted by atomic mass is 10.3. The van der Waals surface area contributed by atoms with Gasteiger partial charge < -0.3 is 4.98 Å². The second-order valence-corrected chi connectivity index (χ2v) is 5.85. The number of nitrogens with one attached hydrogen (secondary N) is 2. The summed E-state index contributed by atoms with van der Waals surface area (Å²) in [7, 11) is 0. The van der Waals surface area contributed by atoms with Crippen LogP contribution in [0.3, 0.4) is 0 Å². The molecule has 0 bridgehead atoms. The Labute approximate surface area is 125 Å². The maximum atomic E-state index is 12.0. The molecule has 0 unspecified atom stereocenters.